The Morgan fingerprint density at radius 3 is 2.56 bits per heavy atom. The Hall–Kier alpha value is -1.82. The molecular formula is C15H20N2O. The van der Waals surface area contributed by atoms with Gasteiger partial charge in [0.15, 0.2) is 0 Å². The largest absolute Gasteiger partial charge is 0.351 e. The summed E-state index contributed by atoms with van der Waals surface area (Å²) in [6.45, 7) is 8.31. The zero-order chi connectivity index (χ0) is 13.7. The molecule has 1 amide bonds. The van der Waals surface area contributed by atoms with Crippen LogP contribution >= 0.6 is 0 Å². The molecule has 3 heteroatoms. The van der Waals surface area contributed by atoms with Gasteiger partial charge >= 0.3 is 0 Å². The van der Waals surface area contributed by atoms with Crippen molar-refractivity contribution in [2.45, 2.75) is 34.2 Å². The Morgan fingerprint density at radius 1 is 1.39 bits per heavy atom. The molecule has 0 aliphatic carbocycles. The minimum Gasteiger partial charge on any atom is -0.351 e. The monoisotopic (exact) mass is 244 g/mol. The molecule has 1 N–H and O–H groups in total. The fourth-order valence-electron chi connectivity index (χ4n) is 1.85. The van der Waals surface area contributed by atoms with Crippen LogP contribution in [0.1, 0.15) is 30.5 Å². The first-order valence-electron chi connectivity index (χ1n) is 6.19. The second kappa shape index (κ2) is 6.20. The Kier molecular flexibility index (Phi) is 4.91. The topological polar surface area (TPSA) is 52.9 Å². The Morgan fingerprint density at radius 2 is 2.06 bits per heavy atom. The molecule has 1 unspecified atom stereocenters. The van der Waals surface area contributed by atoms with Crippen molar-refractivity contribution in [1.29, 1.82) is 5.26 Å². The van der Waals surface area contributed by atoms with E-state index in [0.29, 0.717) is 6.54 Å². The zero-order valence-electron chi connectivity index (χ0n) is 11.4. The molecule has 0 radical (unpaired) electrons. The van der Waals surface area contributed by atoms with Crippen LogP contribution in [0.15, 0.2) is 18.2 Å². The van der Waals surface area contributed by atoms with Crippen LogP contribution in [0.5, 0.6) is 0 Å². The first kappa shape index (κ1) is 14.2. The van der Waals surface area contributed by atoms with Crippen molar-refractivity contribution < 1.29 is 4.79 Å². The SMILES string of the molecule is Cc1ccc(CNC(=O)C(C#N)C(C)C)c(C)c1. The van der Waals surface area contributed by atoms with Crippen molar-refractivity contribution in [1.82, 2.24) is 5.32 Å². The van der Waals surface area contributed by atoms with E-state index in [1.54, 1.807) is 0 Å². The number of hydrogen-bond acceptors (Lipinski definition) is 2. The molecule has 3 nitrogen and oxygen atoms in total. The first-order valence-corrected chi connectivity index (χ1v) is 6.19. The van der Waals surface area contributed by atoms with E-state index in [4.69, 9.17) is 5.26 Å². The number of rotatable bonds is 4. The number of nitriles is 1. The van der Waals surface area contributed by atoms with Gasteiger partial charge in [0.05, 0.1) is 6.07 Å². The standard InChI is InChI=1S/C15H20N2O/c1-10(2)14(8-16)15(18)17-9-13-6-5-11(3)7-12(13)4/h5-7,10,14H,9H2,1-4H3,(H,17,18). The van der Waals surface area contributed by atoms with Crippen LogP contribution in [0.2, 0.25) is 0 Å². The number of amides is 1. The lowest BCUT2D eigenvalue weighted by molar-refractivity contribution is -0.124. The van der Waals surface area contributed by atoms with E-state index in [1.165, 1.54) is 5.56 Å². The maximum atomic E-state index is 11.8. The molecule has 1 aromatic carbocycles. The molecule has 0 aliphatic heterocycles. The molecule has 1 atom stereocenters. The summed E-state index contributed by atoms with van der Waals surface area (Å²) in [5.41, 5.74) is 3.46. The molecule has 1 aromatic rings. The van der Waals surface area contributed by atoms with E-state index in [-0.39, 0.29) is 11.8 Å². The lowest BCUT2D eigenvalue weighted by Gasteiger charge is -2.14. The maximum absolute atomic E-state index is 11.8. The Labute approximate surface area is 109 Å². The highest BCUT2D eigenvalue weighted by atomic mass is 16.1. The summed E-state index contributed by atoms with van der Waals surface area (Å²) in [5.74, 6) is -0.725. The van der Waals surface area contributed by atoms with E-state index in [0.717, 1.165) is 11.1 Å². The molecule has 96 valence electrons. The number of carbonyl (C=O) groups excluding carboxylic acids is 1. The van der Waals surface area contributed by atoms with Gasteiger partial charge in [-0.25, -0.2) is 0 Å². The second-order valence-electron chi connectivity index (χ2n) is 5.00. The van der Waals surface area contributed by atoms with E-state index >= 15 is 0 Å². The fourth-order valence-corrected chi connectivity index (χ4v) is 1.85. The quantitative estimate of drug-likeness (QED) is 0.885. The summed E-state index contributed by atoms with van der Waals surface area (Å²) in [6, 6.07) is 8.18. The van der Waals surface area contributed by atoms with Crippen molar-refractivity contribution in [3.8, 4) is 6.07 Å². The maximum Gasteiger partial charge on any atom is 0.237 e. The third-order valence-electron chi connectivity index (χ3n) is 3.04. The fraction of sp³-hybridized carbons (Fsp3) is 0.467. The number of nitrogens with one attached hydrogen (secondary N) is 1. The van der Waals surface area contributed by atoms with Crippen LogP contribution in [0.4, 0.5) is 0 Å². The third kappa shape index (κ3) is 3.59. The van der Waals surface area contributed by atoms with Gasteiger partial charge in [-0.3, -0.25) is 4.79 Å². The molecule has 0 heterocycles. The summed E-state index contributed by atoms with van der Waals surface area (Å²) in [4.78, 5) is 11.8. The number of carbonyl (C=O) groups is 1. The van der Waals surface area contributed by atoms with Crippen molar-refractivity contribution >= 4 is 5.91 Å². The van der Waals surface area contributed by atoms with Crippen LogP contribution in [0, 0.1) is 37.0 Å². The number of aryl methyl sites for hydroxylation is 2. The van der Waals surface area contributed by atoms with Gasteiger partial charge in [-0.1, -0.05) is 37.6 Å². The van der Waals surface area contributed by atoms with Crippen molar-refractivity contribution in [2.75, 3.05) is 0 Å². The van der Waals surface area contributed by atoms with E-state index in [9.17, 15) is 4.79 Å². The zero-order valence-corrected chi connectivity index (χ0v) is 11.4. The summed E-state index contributed by atoms with van der Waals surface area (Å²) in [7, 11) is 0. The molecule has 0 bridgehead atoms. The molecule has 18 heavy (non-hydrogen) atoms. The number of hydrogen-bond donors (Lipinski definition) is 1. The van der Waals surface area contributed by atoms with Crippen molar-refractivity contribution in [2.24, 2.45) is 11.8 Å². The van der Waals surface area contributed by atoms with E-state index in [1.807, 2.05) is 45.9 Å². The first-order chi connectivity index (χ1) is 8.45. The molecule has 0 fully saturated rings. The van der Waals surface area contributed by atoms with E-state index < -0.39 is 5.92 Å². The van der Waals surface area contributed by atoms with Gasteiger partial charge < -0.3 is 5.32 Å². The summed E-state index contributed by atoms with van der Waals surface area (Å²) in [5, 5.41) is 11.8. The van der Waals surface area contributed by atoms with Crippen LogP contribution in [0.3, 0.4) is 0 Å². The van der Waals surface area contributed by atoms with Gasteiger partial charge in [0.25, 0.3) is 0 Å². The van der Waals surface area contributed by atoms with E-state index in [2.05, 4.69) is 11.4 Å². The normalized spacial score (nSPS) is 12.0. The van der Waals surface area contributed by atoms with Crippen LogP contribution in [-0.4, -0.2) is 5.91 Å². The Balaban J connectivity index is 2.66. The van der Waals surface area contributed by atoms with Crippen molar-refractivity contribution in [3.63, 3.8) is 0 Å². The van der Waals surface area contributed by atoms with Crippen LogP contribution in [-0.2, 0) is 11.3 Å². The predicted molar refractivity (Wildman–Crippen MR) is 71.7 cm³/mol. The average Bonchev–Trinajstić information content (AvgIpc) is 2.28. The minimum absolute atomic E-state index is 0.0362. The third-order valence-corrected chi connectivity index (χ3v) is 3.04. The highest BCUT2D eigenvalue weighted by Crippen LogP contribution is 2.12. The number of nitrogens with zero attached hydrogens (tertiary/aromatic N) is 1. The van der Waals surface area contributed by atoms with Crippen LogP contribution < -0.4 is 5.32 Å². The lowest BCUT2D eigenvalue weighted by Crippen LogP contribution is -2.32. The van der Waals surface area contributed by atoms with Gasteiger partial charge in [-0.05, 0) is 30.9 Å². The smallest absolute Gasteiger partial charge is 0.237 e. The molecule has 0 aliphatic rings. The molecule has 1 rings (SSSR count). The highest BCUT2D eigenvalue weighted by molar-refractivity contribution is 5.81. The molecule has 0 saturated heterocycles. The van der Waals surface area contributed by atoms with Gasteiger partial charge in [0.2, 0.25) is 5.91 Å². The van der Waals surface area contributed by atoms with Gasteiger partial charge in [0.1, 0.15) is 5.92 Å². The van der Waals surface area contributed by atoms with Crippen molar-refractivity contribution in [3.05, 3.63) is 34.9 Å². The summed E-state index contributed by atoms with van der Waals surface area (Å²) < 4.78 is 0. The Bertz CT molecular complexity index is 472. The highest BCUT2D eigenvalue weighted by Gasteiger charge is 2.21. The average molecular weight is 244 g/mol. The minimum atomic E-state index is -0.573. The van der Waals surface area contributed by atoms with Gasteiger partial charge in [0, 0.05) is 6.54 Å². The summed E-state index contributed by atoms with van der Waals surface area (Å²) in [6.07, 6.45) is 0. The van der Waals surface area contributed by atoms with Crippen LogP contribution in [0.25, 0.3) is 0 Å². The number of benzene rings is 1. The van der Waals surface area contributed by atoms with Gasteiger partial charge in [-0.15, -0.1) is 0 Å². The lowest BCUT2D eigenvalue weighted by atomic mass is 9.96. The summed E-state index contributed by atoms with van der Waals surface area (Å²) >= 11 is 0. The predicted octanol–water partition coefficient (Wildman–Crippen LogP) is 2.72. The molecule has 0 saturated carbocycles. The second-order valence-corrected chi connectivity index (χ2v) is 5.00. The molecule has 0 aromatic heterocycles. The van der Waals surface area contributed by atoms with Gasteiger partial charge in [-0.2, -0.15) is 5.26 Å². The molecular weight excluding hydrogens is 224 g/mol. The molecule has 0 spiro atoms.